The minimum absolute atomic E-state index is 0.0934. The van der Waals surface area contributed by atoms with Crippen LogP contribution >= 0.6 is 0 Å². The number of nitrogens with zero attached hydrogens (tertiary/aromatic N) is 3. The van der Waals surface area contributed by atoms with E-state index in [-0.39, 0.29) is 11.8 Å². The molecule has 0 bridgehead atoms. The number of urea groups is 1. The van der Waals surface area contributed by atoms with Crippen molar-refractivity contribution in [3.8, 4) is 0 Å². The number of rotatable bonds is 3. The fourth-order valence-electron chi connectivity index (χ4n) is 3.79. The molecule has 1 atom stereocenters. The van der Waals surface area contributed by atoms with Gasteiger partial charge >= 0.3 is 6.03 Å². The van der Waals surface area contributed by atoms with E-state index in [4.69, 9.17) is 5.73 Å². The Kier molecular flexibility index (Phi) is 5.58. The zero-order valence-corrected chi connectivity index (χ0v) is 15.0. The molecule has 0 aliphatic carbocycles. The summed E-state index contributed by atoms with van der Waals surface area (Å²) in [5, 5.41) is 0. The molecule has 2 fully saturated rings. The van der Waals surface area contributed by atoms with Gasteiger partial charge in [0.1, 0.15) is 0 Å². The zero-order chi connectivity index (χ0) is 17.8. The number of hydrogen-bond donors (Lipinski definition) is 1. The van der Waals surface area contributed by atoms with Gasteiger partial charge in [0.15, 0.2) is 0 Å². The highest BCUT2D eigenvalue weighted by molar-refractivity contribution is 5.80. The van der Waals surface area contributed by atoms with Crippen LogP contribution in [0.15, 0.2) is 24.3 Å². The summed E-state index contributed by atoms with van der Waals surface area (Å²) in [5.74, 6) is 0.0886. The molecular weight excluding hydrogens is 316 g/mol. The molecule has 3 rings (SSSR count). The van der Waals surface area contributed by atoms with Crippen LogP contribution in [-0.2, 0) is 11.3 Å². The Hall–Kier alpha value is -2.08. The first-order chi connectivity index (χ1) is 12.0. The standard InChI is InChI=1S/C19H28N4O2/c1-15-5-2-3-6-16(15)13-21-9-11-22(12-10-21)18(24)17-7-4-8-23(14-17)19(20)25/h2-3,5-6,17H,4,7-14H2,1H3,(H2,20,25)/t17-/m1/s1. The van der Waals surface area contributed by atoms with Crippen LogP contribution in [0.5, 0.6) is 0 Å². The lowest BCUT2D eigenvalue weighted by molar-refractivity contribution is -0.138. The lowest BCUT2D eigenvalue weighted by atomic mass is 9.96. The third-order valence-corrected chi connectivity index (χ3v) is 5.42. The van der Waals surface area contributed by atoms with E-state index in [0.717, 1.165) is 45.6 Å². The van der Waals surface area contributed by atoms with E-state index in [9.17, 15) is 9.59 Å². The lowest BCUT2D eigenvalue weighted by Crippen LogP contribution is -2.53. The van der Waals surface area contributed by atoms with Gasteiger partial charge in [-0.05, 0) is 30.9 Å². The van der Waals surface area contributed by atoms with E-state index in [0.29, 0.717) is 13.1 Å². The van der Waals surface area contributed by atoms with Crippen LogP contribution in [0.2, 0.25) is 0 Å². The molecular formula is C19H28N4O2. The van der Waals surface area contributed by atoms with Gasteiger partial charge in [0.2, 0.25) is 5.91 Å². The first-order valence-corrected chi connectivity index (χ1v) is 9.14. The maximum atomic E-state index is 12.8. The molecule has 0 aromatic heterocycles. The van der Waals surface area contributed by atoms with E-state index >= 15 is 0 Å². The lowest BCUT2D eigenvalue weighted by Gasteiger charge is -2.38. The Balaban J connectivity index is 1.51. The van der Waals surface area contributed by atoms with E-state index in [1.165, 1.54) is 11.1 Å². The molecule has 0 saturated carbocycles. The third-order valence-electron chi connectivity index (χ3n) is 5.42. The quantitative estimate of drug-likeness (QED) is 0.902. The van der Waals surface area contributed by atoms with Crippen molar-refractivity contribution in [2.45, 2.75) is 26.3 Å². The molecule has 2 aliphatic heterocycles. The van der Waals surface area contributed by atoms with Gasteiger partial charge in [0.05, 0.1) is 5.92 Å². The molecule has 6 heteroatoms. The summed E-state index contributed by atoms with van der Waals surface area (Å²) in [6.07, 6.45) is 1.71. The van der Waals surface area contributed by atoms with Crippen molar-refractivity contribution in [1.29, 1.82) is 0 Å². The second-order valence-corrected chi connectivity index (χ2v) is 7.15. The second-order valence-electron chi connectivity index (χ2n) is 7.15. The number of aryl methyl sites for hydroxylation is 1. The number of hydrogen-bond acceptors (Lipinski definition) is 3. The third kappa shape index (κ3) is 4.31. The van der Waals surface area contributed by atoms with Crippen LogP contribution in [0.4, 0.5) is 4.79 Å². The number of amides is 3. The Morgan fingerprint density at radius 2 is 1.80 bits per heavy atom. The Morgan fingerprint density at radius 1 is 1.08 bits per heavy atom. The van der Waals surface area contributed by atoms with E-state index in [1.807, 2.05) is 4.90 Å². The number of nitrogens with two attached hydrogens (primary N) is 1. The summed E-state index contributed by atoms with van der Waals surface area (Å²) < 4.78 is 0. The van der Waals surface area contributed by atoms with Crippen molar-refractivity contribution in [2.24, 2.45) is 11.7 Å². The summed E-state index contributed by atoms with van der Waals surface area (Å²) in [6.45, 7) is 7.53. The van der Waals surface area contributed by atoms with Crippen LogP contribution in [0.3, 0.4) is 0 Å². The van der Waals surface area contributed by atoms with Crippen molar-refractivity contribution < 1.29 is 9.59 Å². The SMILES string of the molecule is Cc1ccccc1CN1CCN(C(=O)[C@@H]2CCCN(C(N)=O)C2)CC1. The molecule has 1 aromatic rings. The first-order valence-electron chi connectivity index (χ1n) is 9.14. The summed E-state index contributed by atoms with van der Waals surface area (Å²) in [4.78, 5) is 30.1. The van der Waals surface area contributed by atoms with Crippen molar-refractivity contribution in [1.82, 2.24) is 14.7 Å². The van der Waals surface area contributed by atoms with Crippen molar-refractivity contribution in [3.05, 3.63) is 35.4 Å². The highest BCUT2D eigenvalue weighted by Gasteiger charge is 2.32. The molecule has 0 spiro atoms. The largest absolute Gasteiger partial charge is 0.351 e. The molecule has 2 aliphatic rings. The van der Waals surface area contributed by atoms with Gasteiger partial charge < -0.3 is 15.5 Å². The average Bonchev–Trinajstić information content (AvgIpc) is 2.64. The molecule has 0 unspecified atom stereocenters. The van der Waals surface area contributed by atoms with Gasteiger partial charge in [-0.3, -0.25) is 9.69 Å². The molecule has 0 radical (unpaired) electrons. The topological polar surface area (TPSA) is 69.9 Å². The average molecular weight is 344 g/mol. The van der Waals surface area contributed by atoms with Crippen LogP contribution in [0.1, 0.15) is 24.0 Å². The Labute approximate surface area is 149 Å². The Bertz CT molecular complexity index is 626. The number of likely N-dealkylation sites (tertiary alicyclic amines) is 1. The summed E-state index contributed by atoms with van der Waals surface area (Å²) in [7, 11) is 0. The van der Waals surface area contributed by atoms with Crippen LogP contribution in [0, 0.1) is 12.8 Å². The molecule has 25 heavy (non-hydrogen) atoms. The normalized spacial score (nSPS) is 22.0. The maximum Gasteiger partial charge on any atom is 0.314 e. The van der Waals surface area contributed by atoms with Gasteiger partial charge in [0.25, 0.3) is 0 Å². The number of piperidine rings is 1. The number of piperazine rings is 1. The van der Waals surface area contributed by atoms with Gasteiger partial charge in [0, 0.05) is 45.8 Å². The molecule has 1 aromatic carbocycles. The summed E-state index contributed by atoms with van der Waals surface area (Å²) in [5.41, 5.74) is 8.04. The predicted molar refractivity (Wildman–Crippen MR) is 96.9 cm³/mol. The molecule has 3 amide bonds. The van der Waals surface area contributed by atoms with E-state index in [2.05, 4.69) is 36.1 Å². The van der Waals surface area contributed by atoms with E-state index < -0.39 is 6.03 Å². The predicted octanol–water partition coefficient (Wildman–Crippen LogP) is 1.43. The van der Waals surface area contributed by atoms with Gasteiger partial charge in [-0.2, -0.15) is 0 Å². The van der Waals surface area contributed by atoms with Gasteiger partial charge in [-0.25, -0.2) is 4.79 Å². The first kappa shape index (κ1) is 17.7. The van der Waals surface area contributed by atoms with Gasteiger partial charge in [-0.15, -0.1) is 0 Å². The maximum absolute atomic E-state index is 12.8. The molecule has 2 N–H and O–H groups in total. The number of primary amides is 1. The van der Waals surface area contributed by atoms with Crippen molar-refractivity contribution in [2.75, 3.05) is 39.3 Å². The van der Waals surface area contributed by atoms with Crippen molar-refractivity contribution >= 4 is 11.9 Å². The molecule has 2 heterocycles. The van der Waals surface area contributed by atoms with Crippen LogP contribution in [-0.4, -0.2) is 65.9 Å². The van der Waals surface area contributed by atoms with E-state index in [1.54, 1.807) is 4.90 Å². The van der Waals surface area contributed by atoms with Crippen LogP contribution in [0.25, 0.3) is 0 Å². The summed E-state index contributed by atoms with van der Waals surface area (Å²) >= 11 is 0. The summed E-state index contributed by atoms with van der Waals surface area (Å²) in [6, 6.07) is 8.04. The fourth-order valence-corrected chi connectivity index (χ4v) is 3.79. The van der Waals surface area contributed by atoms with Gasteiger partial charge in [-0.1, -0.05) is 24.3 Å². The van der Waals surface area contributed by atoms with Crippen molar-refractivity contribution in [3.63, 3.8) is 0 Å². The monoisotopic (exact) mass is 344 g/mol. The van der Waals surface area contributed by atoms with Crippen LogP contribution < -0.4 is 5.73 Å². The fraction of sp³-hybridized carbons (Fsp3) is 0.579. The highest BCUT2D eigenvalue weighted by atomic mass is 16.2. The second kappa shape index (κ2) is 7.87. The number of benzene rings is 1. The number of carbonyl (C=O) groups excluding carboxylic acids is 2. The molecule has 6 nitrogen and oxygen atoms in total. The molecule has 136 valence electrons. The highest BCUT2D eigenvalue weighted by Crippen LogP contribution is 2.20. The Morgan fingerprint density at radius 3 is 2.48 bits per heavy atom. The minimum atomic E-state index is -0.416. The smallest absolute Gasteiger partial charge is 0.314 e. The number of carbonyl (C=O) groups is 2. The molecule has 2 saturated heterocycles. The minimum Gasteiger partial charge on any atom is -0.351 e. The zero-order valence-electron chi connectivity index (χ0n) is 15.0.